The zero-order valence-corrected chi connectivity index (χ0v) is 12.3. The average molecular weight is 331 g/mol. The van der Waals surface area contributed by atoms with E-state index in [0.29, 0.717) is 22.3 Å². The van der Waals surface area contributed by atoms with Crippen LogP contribution in [0.4, 0.5) is 29.3 Å². The Bertz CT molecular complexity index is 879. The van der Waals surface area contributed by atoms with Crippen molar-refractivity contribution in [1.29, 1.82) is 0 Å². The molecule has 0 aliphatic heterocycles. The van der Waals surface area contributed by atoms with Crippen molar-refractivity contribution in [2.24, 2.45) is 0 Å². The number of anilines is 2. The fourth-order valence-electron chi connectivity index (χ4n) is 2.17. The van der Waals surface area contributed by atoms with Crippen molar-refractivity contribution < 1.29 is 18.0 Å². The predicted molar refractivity (Wildman–Crippen MR) is 85.8 cm³/mol. The van der Waals surface area contributed by atoms with Crippen LogP contribution in [0.2, 0.25) is 0 Å². The van der Waals surface area contributed by atoms with Gasteiger partial charge in [-0.05, 0) is 30.3 Å². The first-order valence-electron chi connectivity index (χ1n) is 7.02. The summed E-state index contributed by atoms with van der Waals surface area (Å²) >= 11 is 0. The lowest BCUT2D eigenvalue weighted by Crippen LogP contribution is -2.19. The number of carbonyl (C=O) groups is 1. The maximum Gasteiger partial charge on any atom is 0.417 e. The number of carbonyl (C=O) groups excluding carboxylic acids is 1. The van der Waals surface area contributed by atoms with E-state index >= 15 is 0 Å². The van der Waals surface area contributed by atoms with Gasteiger partial charge in [0.25, 0.3) is 0 Å². The zero-order valence-electron chi connectivity index (χ0n) is 12.3. The number of para-hydroxylation sites is 1. The second-order valence-corrected chi connectivity index (χ2v) is 5.07. The number of pyridine rings is 1. The Morgan fingerprint density at radius 1 is 0.917 bits per heavy atom. The van der Waals surface area contributed by atoms with Gasteiger partial charge in [0.05, 0.1) is 11.1 Å². The van der Waals surface area contributed by atoms with Gasteiger partial charge in [-0.25, -0.2) is 4.79 Å². The first kappa shape index (κ1) is 15.8. The fraction of sp³-hybridized carbons (Fsp3) is 0.0588. The molecule has 3 rings (SSSR count). The molecule has 0 saturated carbocycles. The number of halogens is 3. The third-order valence-electron chi connectivity index (χ3n) is 3.30. The number of rotatable bonds is 2. The Morgan fingerprint density at radius 2 is 1.62 bits per heavy atom. The summed E-state index contributed by atoms with van der Waals surface area (Å²) in [6, 6.07) is 14.0. The third kappa shape index (κ3) is 3.62. The van der Waals surface area contributed by atoms with Gasteiger partial charge in [0.15, 0.2) is 0 Å². The molecule has 0 aliphatic carbocycles. The van der Waals surface area contributed by atoms with Crippen LogP contribution in [0, 0.1) is 0 Å². The van der Waals surface area contributed by atoms with Gasteiger partial charge < -0.3 is 10.6 Å². The number of nitrogens with zero attached hydrogens (tertiary/aromatic N) is 1. The van der Waals surface area contributed by atoms with Gasteiger partial charge >= 0.3 is 12.2 Å². The summed E-state index contributed by atoms with van der Waals surface area (Å²) in [5.74, 6) is 0. The topological polar surface area (TPSA) is 54.0 Å². The van der Waals surface area contributed by atoms with Crippen LogP contribution in [0.3, 0.4) is 0 Å². The highest BCUT2D eigenvalue weighted by Gasteiger charge is 2.30. The van der Waals surface area contributed by atoms with Crippen molar-refractivity contribution >= 4 is 28.3 Å². The highest BCUT2D eigenvalue weighted by atomic mass is 19.4. The average Bonchev–Trinajstić information content (AvgIpc) is 2.54. The maximum absolute atomic E-state index is 12.7. The van der Waals surface area contributed by atoms with Gasteiger partial charge in [0, 0.05) is 23.0 Å². The van der Waals surface area contributed by atoms with Gasteiger partial charge in [-0.3, -0.25) is 4.98 Å². The van der Waals surface area contributed by atoms with E-state index in [1.807, 2.05) is 6.07 Å². The molecule has 122 valence electrons. The van der Waals surface area contributed by atoms with E-state index in [1.54, 1.807) is 24.3 Å². The lowest BCUT2D eigenvalue weighted by Gasteiger charge is -2.10. The first-order chi connectivity index (χ1) is 11.4. The molecule has 0 aliphatic rings. The molecule has 0 unspecified atom stereocenters. The number of aromatic nitrogens is 1. The summed E-state index contributed by atoms with van der Waals surface area (Å²) in [7, 11) is 0. The highest BCUT2D eigenvalue weighted by molar-refractivity contribution is 6.00. The maximum atomic E-state index is 12.7. The van der Waals surface area contributed by atoms with Crippen LogP contribution in [0.1, 0.15) is 5.56 Å². The van der Waals surface area contributed by atoms with Crippen molar-refractivity contribution in [3.05, 3.63) is 66.4 Å². The molecule has 7 heteroatoms. The summed E-state index contributed by atoms with van der Waals surface area (Å²) in [4.78, 5) is 15.7. The lowest BCUT2D eigenvalue weighted by molar-refractivity contribution is -0.137. The molecule has 2 amide bonds. The third-order valence-corrected chi connectivity index (χ3v) is 3.30. The number of alkyl halides is 3. The molecule has 2 N–H and O–H groups in total. The monoisotopic (exact) mass is 331 g/mol. The molecule has 0 spiro atoms. The van der Waals surface area contributed by atoms with Crippen LogP contribution in [-0.2, 0) is 6.18 Å². The van der Waals surface area contributed by atoms with Crippen LogP contribution >= 0.6 is 0 Å². The fourth-order valence-corrected chi connectivity index (χ4v) is 2.17. The number of hydrogen-bond donors (Lipinski definition) is 2. The summed E-state index contributed by atoms with van der Waals surface area (Å²) in [5, 5.41) is 5.61. The standard InChI is InChI=1S/C17H12F3N3O/c18-17(19,20)12-8-11-6-7-14(9-15(11)21-10-12)23-16(24)22-13-4-2-1-3-5-13/h1-10H,(H2,22,23,24). The molecule has 1 heterocycles. The quantitative estimate of drug-likeness (QED) is 0.702. The Labute approximate surface area is 135 Å². The van der Waals surface area contributed by atoms with Crippen molar-refractivity contribution in [3.63, 3.8) is 0 Å². The van der Waals surface area contributed by atoms with E-state index in [4.69, 9.17) is 0 Å². The molecule has 0 bridgehead atoms. The zero-order chi connectivity index (χ0) is 17.2. The molecular weight excluding hydrogens is 319 g/mol. The van der Waals surface area contributed by atoms with E-state index in [1.165, 1.54) is 18.2 Å². The van der Waals surface area contributed by atoms with Crippen LogP contribution in [0.25, 0.3) is 10.9 Å². The largest absolute Gasteiger partial charge is 0.417 e. The second-order valence-electron chi connectivity index (χ2n) is 5.07. The van der Waals surface area contributed by atoms with Gasteiger partial charge in [0.2, 0.25) is 0 Å². The summed E-state index contributed by atoms with van der Waals surface area (Å²) in [6.45, 7) is 0. The Kier molecular flexibility index (Phi) is 4.07. The molecule has 0 fully saturated rings. The van der Waals surface area contributed by atoms with E-state index in [9.17, 15) is 18.0 Å². The Morgan fingerprint density at radius 3 is 2.33 bits per heavy atom. The van der Waals surface area contributed by atoms with Crippen LogP contribution in [0.5, 0.6) is 0 Å². The van der Waals surface area contributed by atoms with E-state index < -0.39 is 17.8 Å². The summed E-state index contributed by atoms with van der Waals surface area (Å²) in [5.41, 5.74) is 0.616. The molecule has 0 saturated heterocycles. The Balaban J connectivity index is 1.77. The van der Waals surface area contributed by atoms with Crippen LogP contribution in [0.15, 0.2) is 60.8 Å². The molecule has 0 atom stereocenters. The van der Waals surface area contributed by atoms with Crippen molar-refractivity contribution in [3.8, 4) is 0 Å². The van der Waals surface area contributed by atoms with Crippen molar-refractivity contribution in [1.82, 2.24) is 4.98 Å². The van der Waals surface area contributed by atoms with Gasteiger partial charge in [-0.2, -0.15) is 13.2 Å². The van der Waals surface area contributed by atoms with Crippen molar-refractivity contribution in [2.75, 3.05) is 10.6 Å². The van der Waals surface area contributed by atoms with Gasteiger partial charge in [-0.1, -0.05) is 24.3 Å². The molecular formula is C17H12F3N3O. The number of nitrogens with one attached hydrogen (secondary N) is 2. The van der Waals surface area contributed by atoms with E-state index in [0.717, 1.165) is 12.3 Å². The molecule has 0 radical (unpaired) electrons. The molecule has 2 aromatic carbocycles. The molecule has 3 aromatic rings. The van der Waals surface area contributed by atoms with E-state index in [-0.39, 0.29) is 0 Å². The minimum absolute atomic E-state index is 0.346. The SMILES string of the molecule is O=C(Nc1ccccc1)Nc1ccc2cc(C(F)(F)F)cnc2c1. The van der Waals surface area contributed by atoms with E-state index in [2.05, 4.69) is 15.6 Å². The number of benzene rings is 2. The smallest absolute Gasteiger partial charge is 0.308 e. The molecule has 1 aromatic heterocycles. The van der Waals surface area contributed by atoms with Crippen LogP contribution in [-0.4, -0.2) is 11.0 Å². The van der Waals surface area contributed by atoms with Crippen LogP contribution < -0.4 is 10.6 Å². The number of amides is 2. The predicted octanol–water partition coefficient (Wildman–Crippen LogP) is 4.90. The van der Waals surface area contributed by atoms with Crippen molar-refractivity contribution in [2.45, 2.75) is 6.18 Å². The first-order valence-corrected chi connectivity index (χ1v) is 7.02. The normalized spacial score (nSPS) is 11.3. The Hall–Kier alpha value is -3.09. The number of hydrogen-bond acceptors (Lipinski definition) is 2. The second kappa shape index (κ2) is 6.19. The lowest BCUT2D eigenvalue weighted by atomic mass is 10.1. The molecule has 24 heavy (non-hydrogen) atoms. The summed E-state index contributed by atoms with van der Waals surface area (Å²) < 4.78 is 38.0. The minimum Gasteiger partial charge on any atom is -0.308 e. The summed E-state index contributed by atoms with van der Waals surface area (Å²) in [6.07, 6.45) is -3.66. The highest BCUT2D eigenvalue weighted by Crippen LogP contribution is 2.30. The minimum atomic E-state index is -4.44. The number of fused-ring (bicyclic) bond motifs is 1. The molecule has 4 nitrogen and oxygen atoms in total. The van der Waals surface area contributed by atoms with Gasteiger partial charge in [0.1, 0.15) is 0 Å². The van der Waals surface area contributed by atoms with Gasteiger partial charge in [-0.15, -0.1) is 0 Å². The number of urea groups is 1.